The van der Waals surface area contributed by atoms with E-state index in [0.717, 1.165) is 26.3 Å². The van der Waals surface area contributed by atoms with Crippen molar-refractivity contribution in [3.8, 4) is 57.5 Å². The second-order valence-electron chi connectivity index (χ2n) is 14.8. The molecule has 1 fully saturated rings. The zero-order chi connectivity index (χ0) is 57.5. The molecule has 1 amide bonds. The van der Waals surface area contributed by atoms with Crippen molar-refractivity contribution < 1.29 is 65.4 Å². The molecule has 418 valence electrons. The molecule has 24 nitrogen and oxygen atoms in total. The lowest BCUT2D eigenvalue weighted by molar-refractivity contribution is -0.287. The standard InChI is InChI=1S/C16H9Cl2F2N5O3.C11H6ClF2N3O2.C5H6ClN3O2.C5H5ClN2O2.C5H11NO.CH2Cl2/c1-25-14(9(18)4-23-25)15(26)24-13-6-21-10(5-22-13)7-2-11-12(3-8(7)17)28-16(19,20)27-11;12-6-2-9-8(18-11(13,14)19-9)1-5(6)7-3-17-10(15)4-16-7;1-10-4-7-3(6)8-5(9-4)11-2;1-8-4(5(9)10)3(6)2-7-8;1-6-2-4-7-5-3-6;2-1-3/h2-6H,1H3,(H,22,24,26);1-4H,(H2,15,17);1-2H3;2H,1H3,(H,9,10);2-5H2,1H3;1H2. The normalized spacial score (nSPS) is 13.9. The van der Waals surface area contributed by atoms with Gasteiger partial charge in [-0.25, -0.2) is 14.8 Å². The first-order valence-electron chi connectivity index (χ1n) is 21.2. The second kappa shape index (κ2) is 28.2. The number of aryl methyl sites for hydroxylation is 2. The number of nitrogens with two attached hydrogens (primary N) is 1. The minimum absolute atomic E-state index is 0.0154. The molecule has 2 aromatic carbocycles. The lowest BCUT2D eigenvalue weighted by Crippen LogP contribution is -2.32. The fraction of sp³-hybridized carbons (Fsp3) is 0.279. The number of carboxylic acids is 1. The fourth-order valence-electron chi connectivity index (χ4n) is 5.99. The SMILES string of the molecule is CN1CCOCC1.COc1nc(Cl)nc(OC)n1.ClCCl.Cn1ncc(Cl)c1C(=O)Nc1cnc(-c2cc3c(cc2Cl)OC(F)(F)O3)cn1.Cn1ncc(Cl)c1C(=O)O.Nc1cnc(-c2cc3c(cc2Cl)OC(F)(F)O3)cn1. The number of fused-ring (bicyclic) bond motifs is 2. The highest BCUT2D eigenvalue weighted by Crippen LogP contribution is 2.47. The number of aromatic carboxylic acids is 1. The number of rotatable bonds is 7. The number of aromatic nitrogens is 11. The van der Waals surface area contributed by atoms with E-state index in [9.17, 15) is 27.2 Å². The average molecular weight is 1240 g/mol. The lowest BCUT2D eigenvalue weighted by atomic mass is 10.1. The molecule has 5 aromatic heterocycles. The van der Waals surface area contributed by atoms with Crippen LogP contribution >= 0.6 is 81.2 Å². The number of methoxy groups -OCH3 is 2. The summed E-state index contributed by atoms with van der Waals surface area (Å²) in [6.45, 7) is 4.02. The van der Waals surface area contributed by atoms with Gasteiger partial charge in [0.25, 0.3) is 5.91 Å². The van der Waals surface area contributed by atoms with Gasteiger partial charge in [0.15, 0.2) is 34.5 Å². The van der Waals surface area contributed by atoms with Crippen LogP contribution in [0.5, 0.6) is 35.0 Å². The Bertz CT molecular complexity index is 3110. The van der Waals surface area contributed by atoms with Gasteiger partial charge >= 0.3 is 30.6 Å². The van der Waals surface area contributed by atoms with E-state index in [4.69, 9.17) is 106 Å². The average Bonchev–Trinajstić information content (AvgIpc) is 4.12. The molecular formula is C43H39Cl7F4N14O10. The van der Waals surface area contributed by atoms with Gasteiger partial charge in [-0.3, -0.25) is 24.1 Å². The predicted octanol–water partition coefficient (Wildman–Crippen LogP) is 9.14. The van der Waals surface area contributed by atoms with E-state index in [2.05, 4.69) is 81.3 Å². The molecule has 1 saturated heterocycles. The number of ether oxygens (including phenoxy) is 7. The van der Waals surface area contributed by atoms with Gasteiger partial charge < -0.3 is 54.2 Å². The Labute approximate surface area is 473 Å². The van der Waals surface area contributed by atoms with E-state index in [1.807, 2.05) is 0 Å². The maximum atomic E-state index is 13.2. The molecule has 10 rings (SSSR count). The van der Waals surface area contributed by atoms with Crippen molar-refractivity contribution in [3.63, 3.8) is 0 Å². The van der Waals surface area contributed by atoms with E-state index < -0.39 is 24.5 Å². The number of anilines is 2. The number of carbonyl (C=O) groups excluding carboxylic acids is 1. The van der Waals surface area contributed by atoms with E-state index in [-0.39, 0.29) is 94.4 Å². The maximum absolute atomic E-state index is 13.2. The summed E-state index contributed by atoms with van der Waals surface area (Å²) < 4.78 is 86.7. The molecule has 0 radical (unpaired) electrons. The summed E-state index contributed by atoms with van der Waals surface area (Å²) >= 11 is 38.5. The number of hydrogen-bond donors (Lipinski definition) is 3. The largest absolute Gasteiger partial charge is 0.586 e. The molecule has 3 aliphatic rings. The first-order valence-corrected chi connectivity index (χ1v) is 24.2. The molecule has 3 aliphatic heterocycles. The molecule has 0 spiro atoms. The van der Waals surface area contributed by atoms with Crippen molar-refractivity contribution in [2.24, 2.45) is 14.1 Å². The van der Waals surface area contributed by atoms with Gasteiger partial charge in [0.2, 0.25) is 5.28 Å². The van der Waals surface area contributed by atoms with Crippen molar-refractivity contribution in [1.82, 2.24) is 59.3 Å². The molecule has 0 unspecified atom stereocenters. The Kier molecular flexibility index (Phi) is 22.5. The lowest BCUT2D eigenvalue weighted by Gasteiger charge is -2.21. The third kappa shape index (κ3) is 17.6. The van der Waals surface area contributed by atoms with E-state index >= 15 is 0 Å². The van der Waals surface area contributed by atoms with Crippen LogP contribution in [0.1, 0.15) is 21.0 Å². The molecule has 78 heavy (non-hydrogen) atoms. The third-order valence-electron chi connectivity index (χ3n) is 9.47. The van der Waals surface area contributed by atoms with Crippen molar-refractivity contribution in [1.29, 1.82) is 0 Å². The van der Waals surface area contributed by atoms with Crippen LogP contribution in [0.2, 0.25) is 25.4 Å². The summed E-state index contributed by atoms with van der Waals surface area (Å²) in [5, 5.41) is 19.5. The highest BCUT2D eigenvalue weighted by Gasteiger charge is 2.45. The summed E-state index contributed by atoms with van der Waals surface area (Å²) in [5.41, 5.74) is 6.97. The molecule has 0 saturated carbocycles. The van der Waals surface area contributed by atoms with Crippen LogP contribution in [0.3, 0.4) is 0 Å². The number of alkyl halides is 6. The smallest absolute Gasteiger partial charge is 0.476 e. The number of halogens is 11. The number of nitrogen functional groups attached to an aromatic ring is 1. The van der Waals surface area contributed by atoms with Gasteiger partial charge in [-0.2, -0.15) is 20.2 Å². The fourth-order valence-corrected chi connectivity index (χ4v) is 7.13. The van der Waals surface area contributed by atoms with Crippen LogP contribution in [0, 0.1) is 0 Å². The molecule has 0 aliphatic carbocycles. The van der Waals surface area contributed by atoms with E-state index in [1.54, 1.807) is 7.05 Å². The van der Waals surface area contributed by atoms with Gasteiger partial charge in [-0.15, -0.1) is 45.7 Å². The number of benzene rings is 2. The van der Waals surface area contributed by atoms with Crippen LogP contribution in [0.4, 0.5) is 29.2 Å². The zero-order valence-corrected chi connectivity index (χ0v) is 45.8. The number of hydrogen-bond acceptors (Lipinski definition) is 20. The highest BCUT2D eigenvalue weighted by atomic mass is 35.5. The summed E-state index contributed by atoms with van der Waals surface area (Å²) in [6, 6.07) is 5.32. The third-order valence-corrected chi connectivity index (χ3v) is 10.8. The number of nitrogens with zero attached hydrogens (tertiary/aromatic N) is 12. The number of carboxylic acid groups (broad SMARTS) is 1. The van der Waals surface area contributed by atoms with Gasteiger partial charge in [-0.1, -0.05) is 46.4 Å². The van der Waals surface area contributed by atoms with Crippen LogP contribution in [0.25, 0.3) is 22.5 Å². The van der Waals surface area contributed by atoms with Gasteiger partial charge in [0.1, 0.15) is 11.5 Å². The molecule has 4 N–H and O–H groups in total. The topological polar surface area (TPSA) is 286 Å². The Morgan fingerprint density at radius 2 is 1.09 bits per heavy atom. The second-order valence-corrected chi connectivity index (χ2v) is 17.6. The van der Waals surface area contributed by atoms with E-state index in [1.165, 1.54) is 92.1 Å². The van der Waals surface area contributed by atoms with E-state index in [0.29, 0.717) is 16.8 Å². The van der Waals surface area contributed by atoms with Gasteiger partial charge in [-0.05, 0) is 30.8 Å². The Morgan fingerprint density at radius 3 is 1.44 bits per heavy atom. The van der Waals surface area contributed by atoms with Crippen molar-refractivity contribution in [2.45, 2.75) is 12.6 Å². The van der Waals surface area contributed by atoms with Crippen molar-refractivity contribution >= 4 is 105 Å². The number of carbonyl (C=O) groups is 2. The predicted molar refractivity (Wildman–Crippen MR) is 276 cm³/mol. The molecule has 0 atom stereocenters. The van der Waals surface area contributed by atoms with Crippen LogP contribution < -0.4 is 39.5 Å². The molecule has 35 heteroatoms. The number of likely N-dealkylation sites (N-methyl/N-ethyl adjacent to an activating group) is 1. The van der Waals surface area contributed by atoms with Crippen molar-refractivity contribution in [2.75, 3.05) is 64.0 Å². The Hall–Kier alpha value is -6.76. The summed E-state index contributed by atoms with van der Waals surface area (Å²) in [4.78, 5) is 52.0. The summed E-state index contributed by atoms with van der Waals surface area (Å²) in [7, 11) is 8.08. The first-order chi connectivity index (χ1) is 36.9. The van der Waals surface area contributed by atoms with Gasteiger partial charge in [0, 0.05) is 50.4 Å². The minimum atomic E-state index is -3.75. The minimum Gasteiger partial charge on any atom is -0.476 e. The zero-order valence-electron chi connectivity index (χ0n) is 40.5. The Morgan fingerprint density at radius 1 is 0.654 bits per heavy atom. The number of morpholine rings is 1. The molecular weight excluding hydrogens is 1200 g/mol. The van der Waals surface area contributed by atoms with Crippen LogP contribution in [-0.2, 0) is 18.8 Å². The Balaban J connectivity index is 0.000000193. The number of amides is 1. The first kappa shape index (κ1) is 62.1. The van der Waals surface area contributed by atoms with Crippen LogP contribution in [-0.4, -0.2) is 142 Å². The monoisotopic (exact) mass is 1230 g/mol. The molecule has 8 heterocycles. The number of nitrogens with one attached hydrogen (secondary N) is 1. The van der Waals surface area contributed by atoms with Crippen LogP contribution in [0.15, 0.2) is 61.4 Å². The van der Waals surface area contributed by atoms with Gasteiger partial charge in [0.05, 0.1) is 101 Å². The maximum Gasteiger partial charge on any atom is 0.586 e. The summed E-state index contributed by atoms with van der Waals surface area (Å²) in [6.07, 6.45) is 0.534. The molecule has 7 aromatic rings. The summed E-state index contributed by atoms with van der Waals surface area (Å²) in [5.74, 6) is -1.77. The van der Waals surface area contributed by atoms with Crippen molar-refractivity contribution in [3.05, 3.63) is 98.2 Å². The highest BCUT2D eigenvalue weighted by molar-refractivity contribution is 6.40. The molecule has 0 bridgehead atoms. The quantitative estimate of drug-likeness (QED) is 0.0990.